The second kappa shape index (κ2) is 3.88. The number of rotatable bonds is 4. The molecule has 0 atom stereocenters. The topological polar surface area (TPSA) is 26.3 Å². The third-order valence-corrected chi connectivity index (χ3v) is 2.06. The molecule has 10 heavy (non-hydrogen) atoms. The summed E-state index contributed by atoms with van der Waals surface area (Å²) in [6, 6.07) is 0. The zero-order valence-electron chi connectivity index (χ0n) is 7.23. The van der Waals surface area contributed by atoms with Crippen LogP contribution in [0.4, 0.5) is 0 Å². The van der Waals surface area contributed by atoms with Gasteiger partial charge in [-0.1, -0.05) is 0 Å². The molecule has 0 fully saturated rings. The molecule has 0 rings (SSSR count). The lowest BCUT2D eigenvalue weighted by Crippen LogP contribution is -2.26. The van der Waals surface area contributed by atoms with Gasteiger partial charge in [-0.05, 0) is 26.6 Å². The van der Waals surface area contributed by atoms with Gasteiger partial charge >= 0.3 is 0 Å². The molecule has 0 aromatic carbocycles. The summed E-state index contributed by atoms with van der Waals surface area (Å²) >= 11 is 0. The lowest BCUT2D eigenvalue weighted by Gasteiger charge is -2.15. The molecule has 0 bridgehead atoms. The number of Topliss-reactive ketones (excluding diaryl/α,β-unsaturated/α-hetero) is 1. The van der Waals surface area contributed by atoms with Gasteiger partial charge in [0, 0.05) is 13.0 Å². The van der Waals surface area contributed by atoms with Crippen molar-refractivity contribution in [2.75, 3.05) is 6.61 Å². The van der Waals surface area contributed by atoms with E-state index in [2.05, 4.69) is 19.6 Å². The predicted molar refractivity (Wildman–Crippen MR) is 44.6 cm³/mol. The Hall–Kier alpha value is -0.153. The van der Waals surface area contributed by atoms with E-state index in [9.17, 15) is 4.79 Å². The summed E-state index contributed by atoms with van der Waals surface area (Å²) in [5.74, 6) is 0.207. The molecule has 0 aromatic rings. The van der Waals surface area contributed by atoms with Crippen molar-refractivity contribution in [1.82, 2.24) is 0 Å². The molecule has 2 nitrogen and oxygen atoms in total. The minimum Gasteiger partial charge on any atom is -0.417 e. The fourth-order valence-electron chi connectivity index (χ4n) is 0.501. The Morgan fingerprint density at radius 3 is 2.20 bits per heavy atom. The third-order valence-electron chi connectivity index (χ3n) is 0.989. The van der Waals surface area contributed by atoms with Crippen LogP contribution in [0.1, 0.15) is 13.3 Å². The van der Waals surface area contributed by atoms with Gasteiger partial charge in [-0.3, -0.25) is 4.79 Å². The van der Waals surface area contributed by atoms with Crippen molar-refractivity contribution in [1.29, 1.82) is 0 Å². The van der Waals surface area contributed by atoms with Crippen LogP contribution in [-0.2, 0) is 9.22 Å². The molecule has 0 aliphatic carbocycles. The lowest BCUT2D eigenvalue weighted by atomic mass is 10.3. The number of ketones is 1. The zero-order valence-corrected chi connectivity index (χ0v) is 8.23. The Bertz CT molecular complexity index is 115. The zero-order chi connectivity index (χ0) is 8.20. The fraction of sp³-hybridized carbons (Fsp3) is 0.857. The van der Waals surface area contributed by atoms with E-state index in [0.717, 1.165) is 0 Å². The molecule has 0 spiro atoms. The number of carbonyl (C=O) groups is 1. The predicted octanol–water partition coefficient (Wildman–Crippen LogP) is 1.82. The molecule has 3 heteroatoms. The minimum atomic E-state index is -1.38. The van der Waals surface area contributed by atoms with Gasteiger partial charge in [0.2, 0.25) is 0 Å². The van der Waals surface area contributed by atoms with Crippen molar-refractivity contribution in [3.63, 3.8) is 0 Å². The molecular weight excluding hydrogens is 144 g/mol. The van der Waals surface area contributed by atoms with Crippen LogP contribution in [0.2, 0.25) is 19.6 Å². The maximum Gasteiger partial charge on any atom is 0.183 e. The van der Waals surface area contributed by atoms with Crippen molar-refractivity contribution in [2.45, 2.75) is 33.0 Å². The summed E-state index contributed by atoms with van der Waals surface area (Å²) in [7, 11) is -1.38. The average molecular weight is 160 g/mol. The van der Waals surface area contributed by atoms with Gasteiger partial charge in [-0.15, -0.1) is 0 Å². The molecule has 0 saturated carbocycles. The number of carbonyl (C=O) groups excluding carboxylic acids is 1. The first-order chi connectivity index (χ1) is 4.42. The standard InChI is InChI=1S/C7H16O2Si/c1-7(8)5-6-9-10(2,3)4/h5-6H2,1-4H3. The first-order valence-electron chi connectivity index (χ1n) is 3.55. The van der Waals surface area contributed by atoms with Gasteiger partial charge in [0.05, 0.1) is 0 Å². The van der Waals surface area contributed by atoms with E-state index in [1.165, 1.54) is 0 Å². The molecular formula is C7H16O2Si. The highest BCUT2D eigenvalue weighted by Gasteiger charge is 2.13. The molecule has 0 heterocycles. The Labute approximate surface area is 63.7 Å². The van der Waals surface area contributed by atoms with Gasteiger partial charge in [-0.2, -0.15) is 0 Å². The van der Waals surface area contributed by atoms with Crippen LogP contribution >= 0.6 is 0 Å². The van der Waals surface area contributed by atoms with Crippen LogP contribution < -0.4 is 0 Å². The molecule has 0 unspecified atom stereocenters. The quantitative estimate of drug-likeness (QED) is 0.586. The Balaban J connectivity index is 3.29. The largest absolute Gasteiger partial charge is 0.417 e. The van der Waals surface area contributed by atoms with E-state index in [4.69, 9.17) is 4.43 Å². The lowest BCUT2D eigenvalue weighted by molar-refractivity contribution is -0.117. The van der Waals surface area contributed by atoms with Crippen LogP contribution in [0.15, 0.2) is 0 Å². The van der Waals surface area contributed by atoms with E-state index in [1.54, 1.807) is 6.92 Å². The SMILES string of the molecule is CC(=O)CCO[Si](C)(C)C. The van der Waals surface area contributed by atoms with Crippen molar-refractivity contribution < 1.29 is 9.22 Å². The normalized spacial score (nSPS) is 11.6. The van der Waals surface area contributed by atoms with Gasteiger partial charge in [0.1, 0.15) is 5.78 Å². The summed E-state index contributed by atoms with van der Waals surface area (Å²) in [5.41, 5.74) is 0. The van der Waals surface area contributed by atoms with E-state index in [1.807, 2.05) is 0 Å². The van der Waals surface area contributed by atoms with E-state index in [0.29, 0.717) is 13.0 Å². The van der Waals surface area contributed by atoms with Crippen molar-refractivity contribution in [3.05, 3.63) is 0 Å². The maximum atomic E-state index is 10.5. The van der Waals surface area contributed by atoms with Crippen molar-refractivity contribution in [3.8, 4) is 0 Å². The Kier molecular flexibility index (Phi) is 3.82. The molecule has 60 valence electrons. The Morgan fingerprint density at radius 2 is 1.90 bits per heavy atom. The van der Waals surface area contributed by atoms with Crippen LogP contribution in [0.3, 0.4) is 0 Å². The highest BCUT2D eigenvalue weighted by atomic mass is 28.4. The van der Waals surface area contributed by atoms with E-state index in [-0.39, 0.29) is 5.78 Å². The number of hydrogen-bond acceptors (Lipinski definition) is 2. The van der Waals surface area contributed by atoms with Gasteiger partial charge in [0.25, 0.3) is 0 Å². The molecule has 0 amide bonds. The summed E-state index contributed by atoms with van der Waals surface area (Å²) in [6.45, 7) is 8.55. The highest BCUT2D eigenvalue weighted by molar-refractivity contribution is 6.69. The molecule has 0 radical (unpaired) electrons. The summed E-state index contributed by atoms with van der Waals surface area (Å²) in [4.78, 5) is 10.5. The molecule has 0 saturated heterocycles. The molecule has 0 aliphatic heterocycles. The average Bonchev–Trinajstić information content (AvgIpc) is 1.59. The first-order valence-corrected chi connectivity index (χ1v) is 6.96. The summed E-state index contributed by atoms with van der Waals surface area (Å²) in [5, 5.41) is 0. The molecule has 0 aliphatic rings. The van der Waals surface area contributed by atoms with Gasteiger partial charge < -0.3 is 4.43 Å². The second-order valence-corrected chi connectivity index (χ2v) is 7.93. The van der Waals surface area contributed by atoms with Gasteiger partial charge in [0.15, 0.2) is 8.32 Å². The smallest absolute Gasteiger partial charge is 0.183 e. The van der Waals surface area contributed by atoms with Crippen LogP contribution in [-0.4, -0.2) is 20.7 Å². The van der Waals surface area contributed by atoms with Crippen LogP contribution in [0.5, 0.6) is 0 Å². The molecule has 0 N–H and O–H groups in total. The minimum absolute atomic E-state index is 0.207. The van der Waals surface area contributed by atoms with E-state index < -0.39 is 8.32 Å². The first kappa shape index (κ1) is 9.85. The van der Waals surface area contributed by atoms with Crippen molar-refractivity contribution in [2.24, 2.45) is 0 Å². The van der Waals surface area contributed by atoms with Gasteiger partial charge in [-0.25, -0.2) is 0 Å². The highest BCUT2D eigenvalue weighted by Crippen LogP contribution is 2.02. The van der Waals surface area contributed by atoms with Crippen LogP contribution in [0.25, 0.3) is 0 Å². The summed E-state index contributed by atoms with van der Waals surface area (Å²) in [6.07, 6.45) is 0.560. The fourth-order valence-corrected chi connectivity index (χ4v) is 1.22. The van der Waals surface area contributed by atoms with Crippen LogP contribution in [0, 0.1) is 0 Å². The Morgan fingerprint density at radius 1 is 1.40 bits per heavy atom. The monoisotopic (exact) mass is 160 g/mol. The second-order valence-electron chi connectivity index (χ2n) is 3.41. The van der Waals surface area contributed by atoms with Crippen molar-refractivity contribution >= 4 is 14.1 Å². The van der Waals surface area contributed by atoms with E-state index >= 15 is 0 Å². The molecule has 0 aromatic heterocycles. The summed E-state index contributed by atoms with van der Waals surface area (Å²) < 4.78 is 5.46. The number of hydrogen-bond donors (Lipinski definition) is 0. The maximum absolute atomic E-state index is 10.5. The third kappa shape index (κ3) is 7.85.